The molecule has 184 valence electrons. The molecule has 0 unspecified atom stereocenters. The minimum Gasteiger partial charge on any atom is -0.341 e. The number of pyridine rings is 1. The molecule has 2 atom stereocenters. The molecule has 1 aliphatic carbocycles. The van der Waals surface area contributed by atoms with Crippen molar-refractivity contribution in [2.75, 3.05) is 13.6 Å². The lowest BCUT2D eigenvalue weighted by molar-refractivity contribution is -0.138. The first-order valence-corrected chi connectivity index (χ1v) is 13.3. The highest BCUT2D eigenvalue weighted by Gasteiger charge is 2.43. The number of carbonyl (C=O) groups is 1. The predicted octanol–water partition coefficient (Wildman–Crippen LogP) is 5.53. The second-order valence-corrected chi connectivity index (χ2v) is 11.6. The van der Waals surface area contributed by atoms with E-state index in [2.05, 4.69) is 4.98 Å². The van der Waals surface area contributed by atoms with Gasteiger partial charge >= 0.3 is 0 Å². The number of hydrogen-bond acceptors (Lipinski definition) is 4. The standard InChI is InChI=1S/C24H29ClF2N4O2S/c1-16-7-8-21(18(15-16)22-19(25)5-3-13-29-22)34(28,33)31-14-4-6-20(31)23(32)30(2)17-9-11-24(26,27)12-10-17/h3,5,7-8,13,15,17,20,28H,4,6,9-12,14H2,1-2H3/t20-,34+/m0/s1. The van der Waals surface area contributed by atoms with E-state index in [-0.39, 0.29) is 42.5 Å². The van der Waals surface area contributed by atoms with Crippen LogP contribution in [0.1, 0.15) is 44.1 Å². The molecule has 2 fully saturated rings. The van der Waals surface area contributed by atoms with Crippen LogP contribution in [0.15, 0.2) is 41.4 Å². The lowest BCUT2D eigenvalue weighted by Crippen LogP contribution is -2.50. The Balaban J connectivity index is 1.64. The van der Waals surface area contributed by atoms with Crippen LogP contribution in [0.3, 0.4) is 0 Å². The smallest absolute Gasteiger partial charge is 0.248 e. The maximum atomic E-state index is 14.1. The van der Waals surface area contributed by atoms with Gasteiger partial charge in [0.2, 0.25) is 11.8 Å². The van der Waals surface area contributed by atoms with Crippen LogP contribution in [0.25, 0.3) is 11.3 Å². The third kappa shape index (κ3) is 4.83. The van der Waals surface area contributed by atoms with Crippen molar-refractivity contribution in [3.63, 3.8) is 0 Å². The van der Waals surface area contributed by atoms with E-state index >= 15 is 0 Å². The number of nitrogens with one attached hydrogen (secondary N) is 1. The number of carbonyl (C=O) groups excluding carboxylic acids is 1. The summed E-state index contributed by atoms with van der Waals surface area (Å²) in [4.78, 5) is 19.6. The van der Waals surface area contributed by atoms with Crippen molar-refractivity contribution in [2.24, 2.45) is 0 Å². The molecule has 2 aliphatic rings. The summed E-state index contributed by atoms with van der Waals surface area (Å²) >= 11 is 6.38. The van der Waals surface area contributed by atoms with Crippen molar-refractivity contribution in [3.8, 4) is 11.3 Å². The average Bonchev–Trinajstić information content (AvgIpc) is 3.29. The van der Waals surface area contributed by atoms with E-state index in [0.717, 1.165) is 5.56 Å². The molecule has 6 nitrogen and oxygen atoms in total. The molecule has 1 aromatic carbocycles. The topological polar surface area (TPSA) is 77.4 Å². The minimum atomic E-state index is -3.56. The summed E-state index contributed by atoms with van der Waals surface area (Å²) < 4.78 is 51.7. The van der Waals surface area contributed by atoms with Gasteiger partial charge in [0.05, 0.1) is 15.6 Å². The van der Waals surface area contributed by atoms with E-state index in [4.69, 9.17) is 16.4 Å². The summed E-state index contributed by atoms with van der Waals surface area (Å²) in [6.45, 7) is 2.22. The quantitative estimate of drug-likeness (QED) is 0.574. The number of amides is 1. The zero-order chi connectivity index (χ0) is 24.7. The molecule has 34 heavy (non-hydrogen) atoms. The highest BCUT2D eigenvalue weighted by Crippen LogP contribution is 2.38. The Labute approximate surface area is 204 Å². The van der Waals surface area contributed by atoms with Gasteiger partial charge < -0.3 is 4.90 Å². The van der Waals surface area contributed by atoms with Crippen LogP contribution in [0.4, 0.5) is 8.78 Å². The number of aromatic nitrogens is 1. The fourth-order valence-electron chi connectivity index (χ4n) is 4.90. The lowest BCUT2D eigenvalue weighted by atomic mass is 9.91. The molecule has 1 saturated carbocycles. The molecular weight excluding hydrogens is 482 g/mol. The molecule has 0 spiro atoms. The van der Waals surface area contributed by atoms with Crippen LogP contribution in [0, 0.1) is 11.7 Å². The Morgan fingerprint density at radius 2 is 1.97 bits per heavy atom. The number of rotatable bonds is 5. The molecule has 1 N–H and O–H groups in total. The molecule has 0 bridgehead atoms. The first-order chi connectivity index (χ1) is 16.0. The highest BCUT2D eigenvalue weighted by atomic mass is 35.5. The Morgan fingerprint density at radius 3 is 2.65 bits per heavy atom. The van der Waals surface area contributed by atoms with Gasteiger partial charge in [-0.05, 0) is 56.9 Å². The maximum Gasteiger partial charge on any atom is 0.248 e. The number of nitrogens with zero attached hydrogens (tertiary/aromatic N) is 3. The molecule has 1 amide bonds. The van der Waals surface area contributed by atoms with Crippen molar-refractivity contribution in [1.82, 2.24) is 14.2 Å². The molecular formula is C24H29ClF2N4O2S. The number of halogens is 3. The van der Waals surface area contributed by atoms with Crippen LogP contribution in [0.2, 0.25) is 5.02 Å². The zero-order valence-corrected chi connectivity index (χ0v) is 20.8. The summed E-state index contributed by atoms with van der Waals surface area (Å²) in [5, 5.41) is 0.382. The minimum absolute atomic E-state index is 0.235. The Morgan fingerprint density at radius 1 is 1.26 bits per heavy atom. The predicted molar refractivity (Wildman–Crippen MR) is 128 cm³/mol. The molecule has 1 aliphatic heterocycles. The van der Waals surface area contributed by atoms with Crippen LogP contribution >= 0.6 is 11.6 Å². The second-order valence-electron chi connectivity index (χ2n) is 9.19. The van der Waals surface area contributed by atoms with E-state index < -0.39 is 21.9 Å². The molecule has 1 aromatic heterocycles. The van der Waals surface area contributed by atoms with Gasteiger partial charge in [-0.15, -0.1) is 0 Å². The molecule has 2 aromatic rings. The van der Waals surface area contributed by atoms with Crippen LogP contribution < -0.4 is 0 Å². The van der Waals surface area contributed by atoms with Gasteiger partial charge in [-0.2, -0.15) is 0 Å². The third-order valence-electron chi connectivity index (χ3n) is 6.85. The third-order valence-corrected chi connectivity index (χ3v) is 9.20. The second kappa shape index (κ2) is 9.51. The van der Waals surface area contributed by atoms with E-state index in [1.165, 1.54) is 9.21 Å². The van der Waals surface area contributed by atoms with E-state index in [1.807, 2.05) is 6.92 Å². The maximum absolute atomic E-state index is 14.1. The molecule has 1 saturated heterocycles. The summed E-state index contributed by atoms with van der Waals surface area (Å²) in [6, 6.07) is 7.60. The zero-order valence-electron chi connectivity index (χ0n) is 19.3. The fraction of sp³-hybridized carbons (Fsp3) is 0.500. The Kier molecular flexibility index (Phi) is 6.99. The van der Waals surface area contributed by atoms with Gasteiger partial charge in [0.15, 0.2) is 0 Å². The van der Waals surface area contributed by atoms with Gasteiger partial charge in [0.25, 0.3) is 0 Å². The Hall–Kier alpha value is -2.10. The highest BCUT2D eigenvalue weighted by molar-refractivity contribution is 7.90. The largest absolute Gasteiger partial charge is 0.341 e. The lowest BCUT2D eigenvalue weighted by Gasteiger charge is -2.37. The van der Waals surface area contributed by atoms with E-state index in [0.29, 0.717) is 35.7 Å². The summed E-state index contributed by atoms with van der Waals surface area (Å²) in [5.41, 5.74) is 1.84. The first kappa shape index (κ1) is 25.0. The van der Waals surface area contributed by atoms with Crippen molar-refractivity contribution in [2.45, 2.75) is 68.4 Å². The van der Waals surface area contributed by atoms with Crippen LogP contribution in [-0.2, 0) is 14.7 Å². The van der Waals surface area contributed by atoms with Crippen molar-refractivity contribution >= 4 is 27.4 Å². The van der Waals surface area contributed by atoms with Crippen molar-refractivity contribution < 1.29 is 17.8 Å². The number of alkyl halides is 2. The first-order valence-electron chi connectivity index (χ1n) is 11.4. The number of benzene rings is 1. The molecule has 4 rings (SSSR count). The number of hydrogen-bond donors (Lipinski definition) is 1. The molecule has 0 radical (unpaired) electrons. The van der Waals surface area contributed by atoms with Crippen molar-refractivity contribution in [3.05, 3.63) is 47.1 Å². The van der Waals surface area contributed by atoms with Gasteiger partial charge in [-0.1, -0.05) is 23.2 Å². The molecule has 10 heteroatoms. The van der Waals surface area contributed by atoms with Crippen molar-refractivity contribution in [1.29, 1.82) is 4.78 Å². The van der Waals surface area contributed by atoms with Gasteiger partial charge in [-0.3, -0.25) is 9.78 Å². The SMILES string of the molecule is Cc1ccc([S@](=N)(=O)N2CCC[C@H]2C(=O)N(C)C2CCC(F)(F)CC2)c(-c2ncccc2Cl)c1. The monoisotopic (exact) mass is 510 g/mol. The fourth-order valence-corrected chi connectivity index (χ4v) is 7.02. The van der Waals surface area contributed by atoms with E-state index in [1.54, 1.807) is 43.6 Å². The summed E-state index contributed by atoms with van der Waals surface area (Å²) in [6.07, 6.45) is 2.66. The molecule has 2 heterocycles. The number of aryl methyl sites for hydroxylation is 1. The van der Waals surface area contributed by atoms with Gasteiger partial charge in [0.1, 0.15) is 16.0 Å². The van der Waals surface area contributed by atoms with Gasteiger partial charge in [-0.25, -0.2) is 22.1 Å². The Bertz CT molecular complexity index is 1180. The summed E-state index contributed by atoms with van der Waals surface area (Å²) in [5.74, 6) is -2.94. The average molecular weight is 511 g/mol. The normalized spacial score (nSPS) is 22.9. The van der Waals surface area contributed by atoms with Crippen LogP contribution in [0.5, 0.6) is 0 Å². The van der Waals surface area contributed by atoms with Gasteiger partial charge in [0, 0.05) is 44.2 Å². The number of likely N-dealkylation sites (N-methyl/N-ethyl adjacent to an activating group) is 1. The summed E-state index contributed by atoms with van der Waals surface area (Å²) in [7, 11) is -1.93. The van der Waals surface area contributed by atoms with E-state index in [9.17, 15) is 17.8 Å². The van der Waals surface area contributed by atoms with Crippen LogP contribution in [-0.4, -0.2) is 55.9 Å².